The van der Waals surface area contributed by atoms with Crippen LogP contribution in [-0.4, -0.2) is 5.78 Å². The molecule has 0 saturated heterocycles. The van der Waals surface area contributed by atoms with Crippen molar-refractivity contribution < 1.29 is 4.79 Å². The smallest absolute Gasteiger partial charge is 0.166 e. The quantitative estimate of drug-likeness (QED) is 0.582. The van der Waals surface area contributed by atoms with Crippen LogP contribution in [0.15, 0.2) is 35.3 Å². The number of rotatable bonds is 3. The predicted octanol–water partition coefficient (Wildman–Crippen LogP) is 3.52. The molecule has 68 valence electrons. The van der Waals surface area contributed by atoms with Crippen LogP contribution in [0.4, 0.5) is 0 Å². The number of carbonyl (C=O) groups is 1. The molecule has 1 rings (SSSR count). The van der Waals surface area contributed by atoms with Crippen LogP contribution in [0, 0.1) is 6.92 Å². The van der Waals surface area contributed by atoms with Crippen molar-refractivity contribution in [2.45, 2.75) is 13.3 Å². The molecule has 0 atom stereocenters. The lowest BCUT2D eigenvalue weighted by molar-refractivity contribution is 0.0995. The van der Waals surface area contributed by atoms with E-state index in [1.165, 1.54) is 0 Å². The minimum atomic E-state index is 0.119. The van der Waals surface area contributed by atoms with Crippen molar-refractivity contribution >= 4 is 21.7 Å². The highest BCUT2D eigenvalue weighted by Crippen LogP contribution is 2.17. The van der Waals surface area contributed by atoms with E-state index in [4.69, 9.17) is 0 Å². The van der Waals surface area contributed by atoms with E-state index >= 15 is 0 Å². The van der Waals surface area contributed by atoms with E-state index in [0.29, 0.717) is 6.42 Å². The molecule has 0 spiro atoms. The van der Waals surface area contributed by atoms with Gasteiger partial charge in [0.05, 0.1) is 0 Å². The molecule has 13 heavy (non-hydrogen) atoms. The SMILES string of the molecule is C=CCC(=O)c1cc(Br)ccc1C. The van der Waals surface area contributed by atoms with Gasteiger partial charge in [-0.15, -0.1) is 6.58 Å². The van der Waals surface area contributed by atoms with E-state index in [2.05, 4.69) is 22.5 Å². The van der Waals surface area contributed by atoms with Gasteiger partial charge < -0.3 is 0 Å². The van der Waals surface area contributed by atoms with Crippen LogP contribution in [0.2, 0.25) is 0 Å². The van der Waals surface area contributed by atoms with Crippen molar-refractivity contribution in [1.82, 2.24) is 0 Å². The first-order valence-corrected chi connectivity index (χ1v) is 4.84. The van der Waals surface area contributed by atoms with Gasteiger partial charge >= 0.3 is 0 Å². The van der Waals surface area contributed by atoms with Crippen molar-refractivity contribution in [3.8, 4) is 0 Å². The fraction of sp³-hybridized carbons (Fsp3) is 0.182. The Morgan fingerprint density at radius 3 is 2.92 bits per heavy atom. The van der Waals surface area contributed by atoms with Gasteiger partial charge in [0.1, 0.15) is 0 Å². The molecule has 1 aromatic carbocycles. The van der Waals surface area contributed by atoms with Crippen LogP contribution in [0.5, 0.6) is 0 Å². The minimum Gasteiger partial charge on any atom is -0.294 e. The Kier molecular flexibility index (Phi) is 3.43. The normalized spacial score (nSPS) is 9.69. The highest BCUT2D eigenvalue weighted by atomic mass is 79.9. The first-order chi connectivity index (χ1) is 6.15. The summed E-state index contributed by atoms with van der Waals surface area (Å²) in [6, 6.07) is 5.71. The van der Waals surface area contributed by atoms with Crippen molar-refractivity contribution in [3.63, 3.8) is 0 Å². The molecule has 0 saturated carbocycles. The lowest BCUT2D eigenvalue weighted by Gasteiger charge is -2.03. The molecular formula is C11H11BrO. The molecule has 0 heterocycles. The zero-order chi connectivity index (χ0) is 9.84. The molecule has 0 N–H and O–H groups in total. The minimum absolute atomic E-state index is 0.119. The lowest BCUT2D eigenvalue weighted by Crippen LogP contribution is -1.99. The van der Waals surface area contributed by atoms with Crippen LogP contribution in [-0.2, 0) is 0 Å². The third-order valence-corrected chi connectivity index (χ3v) is 2.32. The fourth-order valence-corrected chi connectivity index (χ4v) is 1.50. The zero-order valence-corrected chi connectivity index (χ0v) is 9.10. The predicted molar refractivity (Wildman–Crippen MR) is 58.0 cm³/mol. The van der Waals surface area contributed by atoms with Gasteiger partial charge in [-0.2, -0.15) is 0 Å². The Morgan fingerprint density at radius 1 is 1.62 bits per heavy atom. The molecule has 0 aromatic heterocycles. The van der Waals surface area contributed by atoms with Crippen LogP contribution < -0.4 is 0 Å². The van der Waals surface area contributed by atoms with E-state index < -0.39 is 0 Å². The molecule has 0 aliphatic carbocycles. The van der Waals surface area contributed by atoms with Gasteiger partial charge in [-0.3, -0.25) is 4.79 Å². The summed E-state index contributed by atoms with van der Waals surface area (Å²) in [6.45, 7) is 5.48. The topological polar surface area (TPSA) is 17.1 Å². The van der Waals surface area contributed by atoms with Gasteiger partial charge in [-0.1, -0.05) is 28.1 Å². The molecule has 1 nitrogen and oxygen atoms in total. The number of halogens is 1. The summed E-state index contributed by atoms with van der Waals surface area (Å²) in [5.74, 6) is 0.119. The number of hydrogen-bond donors (Lipinski definition) is 0. The Bertz CT molecular complexity index is 342. The van der Waals surface area contributed by atoms with E-state index in [1.807, 2.05) is 25.1 Å². The summed E-state index contributed by atoms with van der Waals surface area (Å²) in [5.41, 5.74) is 1.78. The van der Waals surface area contributed by atoms with E-state index in [9.17, 15) is 4.79 Å². The first-order valence-electron chi connectivity index (χ1n) is 4.05. The summed E-state index contributed by atoms with van der Waals surface area (Å²) in [7, 11) is 0. The monoisotopic (exact) mass is 238 g/mol. The third kappa shape index (κ3) is 2.52. The molecule has 1 aromatic rings. The van der Waals surface area contributed by atoms with E-state index in [1.54, 1.807) is 6.08 Å². The van der Waals surface area contributed by atoms with Crippen LogP contribution in [0.1, 0.15) is 22.3 Å². The Hall–Kier alpha value is -0.890. The lowest BCUT2D eigenvalue weighted by atomic mass is 10.0. The molecule has 0 unspecified atom stereocenters. The summed E-state index contributed by atoms with van der Waals surface area (Å²) < 4.78 is 0.936. The van der Waals surface area contributed by atoms with Gasteiger partial charge in [0, 0.05) is 16.5 Å². The average Bonchev–Trinajstić information content (AvgIpc) is 2.09. The van der Waals surface area contributed by atoms with E-state index in [-0.39, 0.29) is 5.78 Å². The number of allylic oxidation sites excluding steroid dienone is 1. The van der Waals surface area contributed by atoms with Crippen molar-refractivity contribution in [2.75, 3.05) is 0 Å². The molecule has 0 radical (unpaired) electrons. The second-order valence-corrected chi connectivity index (χ2v) is 3.79. The summed E-state index contributed by atoms with van der Waals surface area (Å²) in [4.78, 5) is 11.5. The Labute approximate surface area is 86.6 Å². The number of Topliss-reactive ketones (excluding diaryl/α,β-unsaturated/α-hetero) is 1. The van der Waals surface area contributed by atoms with Gasteiger partial charge in [0.15, 0.2) is 5.78 Å². The zero-order valence-electron chi connectivity index (χ0n) is 7.51. The molecule has 2 heteroatoms. The van der Waals surface area contributed by atoms with Gasteiger partial charge in [0.2, 0.25) is 0 Å². The number of aryl methyl sites for hydroxylation is 1. The maximum atomic E-state index is 11.5. The Morgan fingerprint density at radius 2 is 2.31 bits per heavy atom. The fourth-order valence-electron chi connectivity index (χ4n) is 1.14. The van der Waals surface area contributed by atoms with Crippen molar-refractivity contribution in [2.24, 2.45) is 0 Å². The first kappa shape index (κ1) is 10.2. The maximum absolute atomic E-state index is 11.5. The van der Waals surface area contributed by atoms with Crippen LogP contribution in [0.3, 0.4) is 0 Å². The van der Waals surface area contributed by atoms with Gasteiger partial charge in [0.25, 0.3) is 0 Å². The molecule has 0 bridgehead atoms. The number of ketones is 1. The standard InChI is InChI=1S/C11H11BrO/c1-3-4-11(13)10-7-9(12)6-5-8(10)2/h3,5-7H,1,4H2,2H3. The second-order valence-electron chi connectivity index (χ2n) is 2.88. The highest BCUT2D eigenvalue weighted by Gasteiger charge is 2.06. The average molecular weight is 239 g/mol. The van der Waals surface area contributed by atoms with Crippen LogP contribution in [0.25, 0.3) is 0 Å². The second kappa shape index (κ2) is 4.38. The number of hydrogen-bond acceptors (Lipinski definition) is 1. The van der Waals surface area contributed by atoms with Gasteiger partial charge in [-0.25, -0.2) is 0 Å². The largest absolute Gasteiger partial charge is 0.294 e. The maximum Gasteiger partial charge on any atom is 0.166 e. The molecule has 0 fully saturated rings. The summed E-state index contributed by atoms with van der Waals surface area (Å²) >= 11 is 3.34. The van der Waals surface area contributed by atoms with Crippen molar-refractivity contribution in [3.05, 3.63) is 46.5 Å². The van der Waals surface area contributed by atoms with Crippen molar-refractivity contribution in [1.29, 1.82) is 0 Å². The van der Waals surface area contributed by atoms with Gasteiger partial charge in [-0.05, 0) is 24.6 Å². The third-order valence-electron chi connectivity index (χ3n) is 1.83. The molecule has 0 aliphatic rings. The molecule has 0 aliphatic heterocycles. The summed E-state index contributed by atoms with van der Waals surface area (Å²) in [6.07, 6.45) is 2.03. The highest BCUT2D eigenvalue weighted by molar-refractivity contribution is 9.10. The summed E-state index contributed by atoms with van der Waals surface area (Å²) in [5, 5.41) is 0. The molecular weight excluding hydrogens is 228 g/mol. The Balaban J connectivity index is 3.05. The molecule has 0 amide bonds. The van der Waals surface area contributed by atoms with E-state index in [0.717, 1.165) is 15.6 Å². The number of benzene rings is 1. The van der Waals surface area contributed by atoms with Crippen LogP contribution >= 0.6 is 15.9 Å². The number of carbonyl (C=O) groups excluding carboxylic acids is 1.